The second-order valence-corrected chi connectivity index (χ2v) is 7.16. The van der Waals surface area contributed by atoms with E-state index in [0.29, 0.717) is 11.6 Å². The molecule has 2 heterocycles. The summed E-state index contributed by atoms with van der Waals surface area (Å²) in [6.45, 7) is 0.594. The average Bonchev–Trinajstić information content (AvgIpc) is 3.14. The first kappa shape index (κ1) is 16.8. The largest absolute Gasteiger partial charge is 0.359 e. The van der Waals surface area contributed by atoms with Crippen molar-refractivity contribution in [2.75, 3.05) is 4.90 Å². The molecule has 0 fully saturated rings. The average molecular weight is 385 g/mol. The molecule has 4 heteroatoms. The summed E-state index contributed by atoms with van der Waals surface area (Å²) in [6.07, 6.45) is 4.32. The Kier molecular flexibility index (Phi) is 4.22. The van der Waals surface area contributed by atoms with Gasteiger partial charge in [0.2, 0.25) is 0 Å². The van der Waals surface area contributed by atoms with Crippen molar-refractivity contribution in [2.24, 2.45) is 0 Å². The van der Waals surface area contributed by atoms with Crippen molar-refractivity contribution >= 4 is 35.1 Å². The third-order valence-corrected chi connectivity index (χ3v) is 5.16. The Morgan fingerprint density at radius 3 is 2.04 bits per heavy atom. The maximum Gasteiger partial charge on any atom is 0.157 e. The van der Waals surface area contributed by atoms with Gasteiger partial charge in [-0.2, -0.15) is 0 Å². The molecule has 136 valence electrons. The smallest absolute Gasteiger partial charge is 0.157 e. The molecule has 3 aromatic carbocycles. The highest BCUT2D eigenvalue weighted by Crippen LogP contribution is 2.37. The van der Waals surface area contributed by atoms with Gasteiger partial charge in [-0.25, -0.2) is 0 Å². The number of nitrogens with zero attached hydrogens (tertiary/aromatic N) is 2. The standard InChI is InChI=1S/C24H17ClN2O/c25-20-13-11-17(12-14-20)22-15-21(28-26-22)16-27-23-7-3-1-5-18(23)9-10-19-6-2-4-8-24(19)27/h1-15H,16H2. The molecule has 0 radical (unpaired) electrons. The zero-order valence-corrected chi connectivity index (χ0v) is 15.8. The second-order valence-electron chi connectivity index (χ2n) is 6.72. The lowest BCUT2D eigenvalue weighted by Crippen LogP contribution is -2.17. The number of fused-ring (bicyclic) bond motifs is 2. The number of hydrogen-bond donors (Lipinski definition) is 0. The summed E-state index contributed by atoms with van der Waals surface area (Å²) >= 11 is 5.99. The molecular weight excluding hydrogens is 368 g/mol. The predicted octanol–water partition coefficient (Wildman–Crippen LogP) is 6.82. The second kappa shape index (κ2) is 7.02. The first-order chi connectivity index (χ1) is 13.8. The van der Waals surface area contributed by atoms with Gasteiger partial charge in [-0.05, 0) is 35.4 Å². The van der Waals surface area contributed by atoms with Gasteiger partial charge in [0.05, 0.1) is 6.54 Å². The van der Waals surface area contributed by atoms with Crippen LogP contribution in [0, 0.1) is 0 Å². The zero-order valence-electron chi connectivity index (χ0n) is 15.0. The monoisotopic (exact) mass is 384 g/mol. The van der Waals surface area contributed by atoms with Gasteiger partial charge in [-0.15, -0.1) is 0 Å². The van der Waals surface area contributed by atoms with Crippen molar-refractivity contribution in [2.45, 2.75) is 6.54 Å². The molecule has 0 saturated heterocycles. The summed E-state index contributed by atoms with van der Waals surface area (Å²) in [5, 5.41) is 4.96. The van der Waals surface area contributed by atoms with Crippen LogP contribution in [0.1, 0.15) is 16.9 Å². The molecule has 1 aliphatic rings. The van der Waals surface area contributed by atoms with E-state index in [2.05, 4.69) is 70.7 Å². The van der Waals surface area contributed by atoms with Gasteiger partial charge in [0, 0.05) is 28.0 Å². The molecule has 0 amide bonds. The third-order valence-electron chi connectivity index (χ3n) is 4.91. The Morgan fingerprint density at radius 2 is 1.39 bits per heavy atom. The summed E-state index contributed by atoms with van der Waals surface area (Å²) in [6, 6.07) is 26.4. The van der Waals surface area contributed by atoms with Crippen LogP contribution in [0.25, 0.3) is 23.4 Å². The quantitative estimate of drug-likeness (QED) is 0.388. The lowest BCUT2D eigenvalue weighted by atomic mass is 10.1. The summed E-state index contributed by atoms with van der Waals surface area (Å²) in [4.78, 5) is 2.27. The molecule has 0 N–H and O–H groups in total. The Balaban J connectivity index is 1.53. The first-order valence-corrected chi connectivity index (χ1v) is 9.51. The van der Waals surface area contributed by atoms with Crippen molar-refractivity contribution in [3.8, 4) is 11.3 Å². The molecule has 0 atom stereocenters. The van der Waals surface area contributed by atoms with Gasteiger partial charge in [0.25, 0.3) is 0 Å². The van der Waals surface area contributed by atoms with E-state index in [1.807, 2.05) is 30.3 Å². The van der Waals surface area contributed by atoms with E-state index in [1.54, 1.807) is 0 Å². The fourth-order valence-corrected chi connectivity index (χ4v) is 3.65. The van der Waals surface area contributed by atoms with Gasteiger partial charge < -0.3 is 9.42 Å². The topological polar surface area (TPSA) is 29.3 Å². The molecular formula is C24H17ClN2O. The summed E-state index contributed by atoms with van der Waals surface area (Å²) < 4.78 is 5.68. The van der Waals surface area contributed by atoms with Crippen molar-refractivity contribution < 1.29 is 4.52 Å². The lowest BCUT2D eigenvalue weighted by Gasteiger charge is -2.25. The van der Waals surface area contributed by atoms with Crippen LogP contribution >= 0.6 is 11.6 Å². The molecule has 4 aromatic rings. The summed E-state index contributed by atoms with van der Waals surface area (Å²) in [5.41, 5.74) is 6.44. The molecule has 0 bridgehead atoms. The van der Waals surface area contributed by atoms with Crippen LogP contribution in [0.2, 0.25) is 5.02 Å². The zero-order chi connectivity index (χ0) is 18.9. The van der Waals surface area contributed by atoms with E-state index >= 15 is 0 Å². The Labute approximate surface area is 168 Å². The number of benzene rings is 3. The van der Waals surface area contributed by atoms with Crippen LogP contribution in [-0.4, -0.2) is 5.16 Å². The van der Waals surface area contributed by atoms with Crippen LogP contribution in [0.5, 0.6) is 0 Å². The number of halogens is 1. The normalized spacial score (nSPS) is 12.4. The van der Waals surface area contributed by atoms with E-state index in [1.165, 1.54) is 11.1 Å². The van der Waals surface area contributed by atoms with Crippen molar-refractivity contribution in [3.63, 3.8) is 0 Å². The summed E-state index contributed by atoms with van der Waals surface area (Å²) in [7, 11) is 0. The van der Waals surface area contributed by atoms with Crippen molar-refractivity contribution in [1.82, 2.24) is 5.16 Å². The van der Waals surface area contributed by atoms with Crippen LogP contribution < -0.4 is 4.90 Å². The molecule has 5 rings (SSSR count). The van der Waals surface area contributed by atoms with Crippen LogP contribution in [0.15, 0.2) is 83.4 Å². The van der Waals surface area contributed by atoms with Crippen molar-refractivity contribution in [1.29, 1.82) is 0 Å². The molecule has 0 saturated carbocycles. The number of rotatable bonds is 3. The van der Waals surface area contributed by atoms with E-state index in [9.17, 15) is 0 Å². The van der Waals surface area contributed by atoms with Crippen LogP contribution in [0.3, 0.4) is 0 Å². The van der Waals surface area contributed by atoms with E-state index in [4.69, 9.17) is 16.1 Å². The van der Waals surface area contributed by atoms with Crippen LogP contribution in [0.4, 0.5) is 11.4 Å². The highest BCUT2D eigenvalue weighted by molar-refractivity contribution is 6.30. The molecule has 3 nitrogen and oxygen atoms in total. The lowest BCUT2D eigenvalue weighted by molar-refractivity contribution is 0.386. The SMILES string of the molecule is Clc1ccc(-c2cc(CN3c4ccccc4C=Cc4ccccc43)on2)cc1. The minimum atomic E-state index is 0.594. The Bertz CT molecular complexity index is 1110. The molecule has 28 heavy (non-hydrogen) atoms. The fourth-order valence-electron chi connectivity index (χ4n) is 3.53. The third kappa shape index (κ3) is 3.10. The number of anilines is 2. The molecule has 0 spiro atoms. The van der Waals surface area contributed by atoms with Gasteiger partial charge in [0.1, 0.15) is 5.69 Å². The highest BCUT2D eigenvalue weighted by atomic mass is 35.5. The minimum absolute atomic E-state index is 0.594. The first-order valence-electron chi connectivity index (χ1n) is 9.13. The number of para-hydroxylation sites is 2. The minimum Gasteiger partial charge on any atom is -0.359 e. The molecule has 0 aliphatic carbocycles. The molecule has 1 aromatic heterocycles. The number of hydrogen-bond acceptors (Lipinski definition) is 3. The Hall–Kier alpha value is -3.30. The Morgan fingerprint density at radius 1 is 0.786 bits per heavy atom. The van der Waals surface area contributed by atoms with E-state index in [0.717, 1.165) is 28.4 Å². The summed E-state index contributed by atoms with van der Waals surface area (Å²) in [5.74, 6) is 0.802. The van der Waals surface area contributed by atoms with Gasteiger partial charge in [-0.1, -0.05) is 77.4 Å². The maximum atomic E-state index is 5.99. The fraction of sp³-hybridized carbons (Fsp3) is 0.0417. The molecule has 0 unspecified atom stereocenters. The maximum absolute atomic E-state index is 5.99. The van der Waals surface area contributed by atoms with Gasteiger partial charge >= 0.3 is 0 Å². The van der Waals surface area contributed by atoms with Gasteiger partial charge in [0.15, 0.2) is 5.76 Å². The predicted molar refractivity (Wildman–Crippen MR) is 115 cm³/mol. The van der Waals surface area contributed by atoms with E-state index < -0.39 is 0 Å². The van der Waals surface area contributed by atoms with Gasteiger partial charge in [-0.3, -0.25) is 0 Å². The van der Waals surface area contributed by atoms with E-state index in [-0.39, 0.29) is 0 Å². The van der Waals surface area contributed by atoms with Crippen LogP contribution in [-0.2, 0) is 6.54 Å². The molecule has 1 aliphatic heterocycles. The number of aromatic nitrogens is 1. The van der Waals surface area contributed by atoms with Crippen molar-refractivity contribution in [3.05, 3.63) is 101 Å². The highest BCUT2D eigenvalue weighted by Gasteiger charge is 2.19.